The molecule has 0 spiro atoms. The van der Waals surface area contributed by atoms with E-state index in [0.29, 0.717) is 5.75 Å². The molecule has 5 atom stereocenters. The van der Waals surface area contributed by atoms with Gasteiger partial charge in [-0.1, -0.05) is 19.1 Å². The molecular formula is C14H20O6. The number of aryl methyl sites for hydroxylation is 1. The second-order valence-electron chi connectivity index (χ2n) is 4.82. The highest BCUT2D eigenvalue weighted by atomic mass is 16.7. The van der Waals surface area contributed by atoms with Crippen molar-refractivity contribution in [2.24, 2.45) is 0 Å². The van der Waals surface area contributed by atoms with E-state index in [4.69, 9.17) is 14.6 Å². The normalized spacial score (nSPS) is 34.0. The van der Waals surface area contributed by atoms with Crippen LogP contribution in [-0.2, 0) is 11.2 Å². The van der Waals surface area contributed by atoms with Gasteiger partial charge >= 0.3 is 0 Å². The van der Waals surface area contributed by atoms with E-state index in [1.807, 2.05) is 19.1 Å². The maximum Gasteiger partial charge on any atom is 0.229 e. The summed E-state index contributed by atoms with van der Waals surface area (Å²) >= 11 is 0. The van der Waals surface area contributed by atoms with Crippen molar-refractivity contribution in [3.8, 4) is 5.75 Å². The summed E-state index contributed by atoms with van der Waals surface area (Å²) in [4.78, 5) is 0. The summed E-state index contributed by atoms with van der Waals surface area (Å²) in [5.41, 5.74) is 1.06. The number of aliphatic hydroxyl groups is 4. The van der Waals surface area contributed by atoms with Crippen LogP contribution in [0.1, 0.15) is 12.5 Å². The van der Waals surface area contributed by atoms with E-state index in [-0.39, 0.29) is 0 Å². The van der Waals surface area contributed by atoms with Gasteiger partial charge in [0.05, 0.1) is 6.61 Å². The van der Waals surface area contributed by atoms with Crippen LogP contribution in [0.4, 0.5) is 0 Å². The number of hydrogen-bond donors (Lipinski definition) is 4. The minimum absolute atomic E-state index is 0.472. The molecule has 0 radical (unpaired) electrons. The van der Waals surface area contributed by atoms with Crippen LogP contribution in [0.5, 0.6) is 5.75 Å². The molecule has 0 amide bonds. The third-order valence-electron chi connectivity index (χ3n) is 3.41. The zero-order valence-corrected chi connectivity index (χ0v) is 11.2. The van der Waals surface area contributed by atoms with E-state index in [1.165, 1.54) is 0 Å². The lowest BCUT2D eigenvalue weighted by atomic mass is 9.99. The van der Waals surface area contributed by atoms with Crippen LogP contribution in [0.25, 0.3) is 0 Å². The molecule has 0 bridgehead atoms. The minimum atomic E-state index is -1.43. The molecule has 6 heteroatoms. The van der Waals surface area contributed by atoms with E-state index in [1.54, 1.807) is 12.1 Å². The molecular weight excluding hydrogens is 264 g/mol. The van der Waals surface area contributed by atoms with Gasteiger partial charge in [-0.15, -0.1) is 0 Å². The van der Waals surface area contributed by atoms with Crippen molar-refractivity contribution in [3.05, 3.63) is 29.8 Å². The molecule has 0 saturated carbocycles. The van der Waals surface area contributed by atoms with Crippen molar-refractivity contribution in [2.45, 2.75) is 44.1 Å². The molecule has 0 aromatic heterocycles. The summed E-state index contributed by atoms with van der Waals surface area (Å²) < 4.78 is 10.8. The molecule has 6 nitrogen and oxygen atoms in total. The molecule has 1 saturated heterocycles. The van der Waals surface area contributed by atoms with Crippen molar-refractivity contribution in [3.63, 3.8) is 0 Å². The zero-order chi connectivity index (χ0) is 14.7. The van der Waals surface area contributed by atoms with Gasteiger partial charge in [-0.3, -0.25) is 0 Å². The average Bonchev–Trinajstić information content (AvgIpc) is 2.48. The number of ether oxygens (including phenoxy) is 2. The minimum Gasteiger partial charge on any atom is -0.462 e. The van der Waals surface area contributed by atoms with Gasteiger partial charge in [0.1, 0.15) is 30.2 Å². The second-order valence-corrected chi connectivity index (χ2v) is 4.82. The summed E-state index contributed by atoms with van der Waals surface area (Å²) in [5.74, 6) is 0.494. The average molecular weight is 284 g/mol. The first-order valence-corrected chi connectivity index (χ1v) is 6.63. The van der Waals surface area contributed by atoms with E-state index in [9.17, 15) is 15.3 Å². The van der Waals surface area contributed by atoms with Crippen LogP contribution >= 0.6 is 0 Å². The Balaban J connectivity index is 2.10. The number of aliphatic hydroxyl groups excluding tert-OH is 4. The Morgan fingerprint density at radius 3 is 2.55 bits per heavy atom. The Bertz CT molecular complexity index is 435. The van der Waals surface area contributed by atoms with Gasteiger partial charge in [-0.25, -0.2) is 0 Å². The third-order valence-corrected chi connectivity index (χ3v) is 3.41. The van der Waals surface area contributed by atoms with Crippen molar-refractivity contribution >= 4 is 0 Å². The zero-order valence-electron chi connectivity index (χ0n) is 11.2. The molecule has 1 fully saturated rings. The predicted molar refractivity (Wildman–Crippen MR) is 70.2 cm³/mol. The smallest absolute Gasteiger partial charge is 0.229 e. The second kappa shape index (κ2) is 6.51. The van der Waals surface area contributed by atoms with Crippen LogP contribution in [-0.4, -0.2) is 57.7 Å². The Hall–Kier alpha value is -1.18. The maximum atomic E-state index is 9.87. The molecule has 1 heterocycles. The van der Waals surface area contributed by atoms with Crippen molar-refractivity contribution in [1.29, 1.82) is 0 Å². The number of hydrogen-bond acceptors (Lipinski definition) is 6. The lowest BCUT2D eigenvalue weighted by Crippen LogP contribution is -2.60. The highest BCUT2D eigenvalue weighted by molar-refractivity contribution is 5.28. The Morgan fingerprint density at radius 1 is 1.15 bits per heavy atom. The molecule has 1 aliphatic heterocycles. The number of benzene rings is 1. The van der Waals surface area contributed by atoms with Crippen LogP contribution in [0.3, 0.4) is 0 Å². The standard InChI is InChI=1S/C14H20O6/c1-2-8-4-3-5-9(6-8)19-14-13(18)12(17)11(16)10(7-15)20-14/h3-6,10-18H,2,7H2,1H3/t10-,11+,12+,13+,14+/m0/s1. The van der Waals surface area contributed by atoms with Gasteiger partial charge in [0.15, 0.2) is 0 Å². The molecule has 4 N–H and O–H groups in total. The van der Waals surface area contributed by atoms with Gasteiger partial charge in [0.25, 0.3) is 0 Å². The van der Waals surface area contributed by atoms with Crippen LogP contribution in [0.15, 0.2) is 24.3 Å². The lowest BCUT2D eigenvalue weighted by Gasteiger charge is -2.39. The molecule has 1 aliphatic rings. The van der Waals surface area contributed by atoms with Gasteiger partial charge in [-0.05, 0) is 24.1 Å². The number of rotatable bonds is 4. The van der Waals surface area contributed by atoms with E-state index < -0.39 is 37.3 Å². The summed E-state index contributed by atoms with van der Waals surface area (Å²) in [5, 5.41) is 38.3. The molecule has 2 rings (SSSR count). The lowest BCUT2D eigenvalue weighted by molar-refractivity contribution is -0.277. The Kier molecular flexibility index (Phi) is 4.95. The van der Waals surface area contributed by atoms with Gasteiger partial charge < -0.3 is 29.9 Å². The monoisotopic (exact) mass is 284 g/mol. The fourth-order valence-corrected chi connectivity index (χ4v) is 2.14. The SMILES string of the molecule is CCc1cccc(O[C@@H]2O[C@@H](CO)[C@@H](O)[C@@H](O)[C@H]2O)c1. The van der Waals surface area contributed by atoms with Crippen LogP contribution < -0.4 is 4.74 Å². The Morgan fingerprint density at radius 2 is 1.90 bits per heavy atom. The third kappa shape index (κ3) is 3.11. The molecule has 1 aromatic rings. The fourth-order valence-electron chi connectivity index (χ4n) is 2.14. The van der Waals surface area contributed by atoms with Gasteiger partial charge in [0, 0.05) is 0 Å². The van der Waals surface area contributed by atoms with Crippen molar-refractivity contribution in [2.75, 3.05) is 6.61 Å². The summed E-state index contributed by atoms with van der Waals surface area (Å²) in [6.45, 7) is 1.53. The van der Waals surface area contributed by atoms with Crippen LogP contribution in [0.2, 0.25) is 0 Å². The molecule has 20 heavy (non-hydrogen) atoms. The summed E-state index contributed by atoms with van der Waals surface area (Å²) in [7, 11) is 0. The molecule has 1 aromatic carbocycles. The van der Waals surface area contributed by atoms with E-state index in [0.717, 1.165) is 12.0 Å². The first kappa shape index (κ1) is 15.2. The van der Waals surface area contributed by atoms with Crippen molar-refractivity contribution in [1.82, 2.24) is 0 Å². The van der Waals surface area contributed by atoms with Gasteiger partial charge in [0.2, 0.25) is 6.29 Å². The van der Waals surface area contributed by atoms with Crippen molar-refractivity contribution < 1.29 is 29.9 Å². The maximum absolute atomic E-state index is 9.87. The topological polar surface area (TPSA) is 99.4 Å². The largest absolute Gasteiger partial charge is 0.462 e. The predicted octanol–water partition coefficient (Wildman–Crippen LogP) is -0.572. The van der Waals surface area contributed by atoms with E-state index in [2.05, 4.69) is 0 Å². The van der Waals surface area contributed by atoms with Gasteiger partial charge in [-0.2, -0.15) is 0 Å². The summed E-state index contributed by atoms with van der Waals surface area (Å²) in [6.07, 6.45) is -5.47. The first-order chi connectivity index (χ1) is 9.56. The molecule has 0 unspecified atom stereocenters. The summed E-state index contributed by atoms with van der Waals surface area (Å²) in [6, 6.07) is 7.28. The van der Waals surface area contributed by atoms with Crippen LogP contribution in [0, 0.1) is 0 Å². The quantitative estimate of drug-likeness (QED) is 0.591. The molecule has 112 valence electrons. The Labute approximate surface area is 117 Å². The highest BCUT2D eigenvalue weighted by Gasteiger charge is 2.44. The highest BCUT2D eigenvalue weighted by Crippen LogP contribution is 2.24. The fraction of sp³-hybridized carbons (Fsp3) is 0.571. The van der Waals surface area contributed by atoms with E-state index >= 15 is 0 Å². The first-order valence-electron chi connectivity index (χ1n) is 6.63. The molecule has 0 aliphatic carbocycles.